The molecule has 0 spiro atoms. The Morgan fingerprint density at radius 1 is 0.880 bits per heavy atom. The lowest BCUT2D eigenvalue weighted by atomic mass is 9.86. The first-order valence-electron chi connectivity index (χ1n) is 8.36. The SMILES string of the molecule is O=c1ccc2cc(C(Cc3ccccc3)c3cccnc3)ccc2[nH]1. The first-order valence-corrected chi connectivity index (χ1v) is 8.36. The van der Waals surface area contributed by atoms with E-state index in [0.29, 0.717) is 0 Å². The molecule has 1 atom stereocenters. The molecule has 0 amide bonds. The van der Waals surface area contributed by atoms with Crippen molar-refractivity contribution in [2.75, 3.05) is 0 Å². The molecule has 4 aromatic rings. The van der Waals surface area contributed by atoms with E-state index >= 15 is 0 Å². The topological polar surface area (TPSA) is 45.8 Å². The molecule has 2 aromatic carbocycles. The average Bonchev–Trinajstić information content (AvgIpc) is 2.67. The van der Waals surface area contributed by atoms with E-state index in [1.54, 1.807) is 12.3 Å². The molecule has 2 aromatic heterocycles. The third-order valence-corrected chi connectivity index (χ3v) is 4.52. The zero-order valence-corrected chi connectivity index (χ0v) is 13.7. The van der Waals surface area contributed by atoms with Crippen LogP contribution < -0.4 is 5.56 Å². The van der Waals surface area contributed by atoms with Crippen molar-refractivity contribution in [1.29, 1.82) is 0 Å². The first-order chi connectivity index (χ1) is 12.3. The summed E-state index contributed by atoms with van der Waals surface area (Å²) in [6.07, 6.45) is 4.64. The molecular weight excluding hydrogens is 308 g/mol. The van der Waals surface area contributed by atoms with E-state index < -0.39 is 0 Å². The number of pyridine rings is 2. The Kier molecular flexibility index (Phi) is 4.13. The summed E-state index contributed by atoms with van der Waals surface area (Å²) in [5.74, 6) is 0.215. The Morgan fingerprint density at radius 3 is 2.56 bits per heavy atom. The van der Waals surface area contributed by atoms with Crippen LogP contribution in [0.5, 0.6) is 0 Å². The second-order valence-corrected chi connectivity index (χ2v) is 6.20. The number of hydrogen-bond acceptors (Lipinski definition) is 2. The van der Waals surface area contributed by atoms with Crippen molar-refractivity contribution in [3.05, 3.63) is 112 Å². The number of rotatable bonds is 4. The summed E-state index contributed by atoms with van der Waals surface area (Å²) in [7, 11) is 0. The van der Waals surface area contributed by atoms with Gasteiger partial charge in [0.05, 0.1) is 0 Å². The highest BCUT2D eigenvalue weighted by Crippen LogP contribution is 2.29. The fraction of sp³-hybridized carbons (Fsp3) is 0.0909. The lowest BCUT2D eigenvalue weighted by molar-refractivity contribution is 0.801. The maximum Gasteiger partial charge on any atom is 0.248 e. The molecule has 3 nitrogen and oxygen atoms in total. The maximum atomic E-state index is 11.5. The summed E-state index contributed by atoms with van der Waals surface area (Å²) in [6.45, 7) is 0. The van der Waals surface area contributed by atoms with Crippen molar-refractivity contribution in [3.63, 3.8) is 0 Å². The van der Waals surface area contributed by atoms with Crippen LogP contribution in [0.4, 0.5) is 0 Å². The Labute approximate surface area is 146 Å². The number of aromatic amines is 1. The zero-order valence-electron chi connectivity index (χ0n) is 13.7. The largest absolute Gasteiger partial charge is 0.322 e. The van der Waals surface area contributed by atoms with E-state index in [0.717, 1.165) is 17.3 Å². The molecule has 122 valence electrons. The van der Waals surface area contributed by atoms with Crippen molar-refractivity contribution < 1.29 is 0 Å². The van der Waals surface area contributed by atoms with Gasteiger partial charge in [-0.2, -0.15) is 0 Å². The van der Waals surface area contributed by atoms with E-state index in [-0.39, 0.29) is 11.5 Å². The van der Waals surface area contributed by atoms with Crippen LogP contribution in [0, 0.1) is 0 Å². The molecule has 0 saturated carbocycles. The highest BCUT2D eigenvalue weighted by atomic mass is 16.1. The lowest BCUT2D eigenvalue weighted by Gasteiger charge is -2.18. The summed E-state index contributed by atoms with van der Waals surface area (Å²) < 4.78 is 0. The van der Waals surface area contributed by atoms with Gasteiger partial charge in [-0.05, 0) is 52.8 Å². The van der Waals surface area contributed by atoms with Crippen LogP contribution in [0.2, 0.25) is 0 Å². The third-order valence-electron chi connectivity index (χ3n) is 4.52. The monoisotopic (exact) mass is 326 g/mol. The van der Waals surface area contributed by atoms with Gasteiger partial charge in [0.25, 0.3) is 0 Å². The van der Waals surface area contributed by atoms with E-state index in [9.17, 15) is 4.79 Å². The standard InChI is InChI=1S/C22H18N2O/c25-22-11-9-18-14-17(8-10-21(18)24-22)20(19-7-4-12-23-15-19)13-16-5-2-1-3-6-16/h1-12,14-15,20H,13H2,(H,24,25). The second-order valence-electron chi connectivity index (χ2n) is 6.20. The molecule has 1 N–H and O–H groups in total. The number of nitrogens with zero attached hydrogens (tertiary/aromatic N) is 1. The van der Waals surface area contributed by atoms with Crippen molar-refractivity contribution in [2.45, 2.75) is 12.3 Å². The fourth-order valence-corrected chi connectivity index (χ4v) is 3.25. The van der Waals surface area contributed by atoms with Crippen molar-refractivity contribution in [2.24, 2.45) is 0 Å². The van der Waals surface area contributed by atoms with Crippen LogP contribution >= 0.6 is 0 Å². The fourth-order valence-electron chi connectivity index (χ4n) is 3.25. The summed E-state index contributed by atoms with van der Waals surface area (Å²) in [5, 5.41) is 1.04. The van der Waals surface area contributed by atoms with Gasteiger partial charge >= 0.3 is 0 Å². The van der Waals surface area contributed by atoms with Gasteiger partial charge in [-0.1, -0.05) is 42.5 Å². The minimum Gasteiger partial charge on any atom is -0.322 e. The normalized spacial score (nSPS) is 12.2. The van der Waals surface area contributed by atoms with Crippen LogP contribution in [0.15, 0.2) is 90.0 Å². The van der Waals surface area contributed by atoms with Gasteiger partial charge in [-0.15, -0.1) is 0 Å². The van der Waals surface area contributed by atoms with Crippen LogP contribution in [-0.4, -0.2) is 9.97 Å². The van der Waals surface area contributed by atoms with Crippen LogP contribution in [0.3, 0.4) is 0 Å². The molecule has 2 heterocycles. The molecule has 3 heteroatoms. The molecule has 4 rings (SSSR count). The Balaban J connectivity index is 1.80. The summed E-state index contributed by atoms with van der Waals surface area (Å²) in [6, 6.07) is 24.3. The van der Waals surface area contributed by atoms with Crippen LogP contribution in [0.1, 0.15) is 22.6 Å². The number of H-pyrrole nitrogens is 1. The Hall–Kier alpha value is -3.20. The zero-order chi connectivity index (χ0) is 17.1. The molecule has 25 heavy (non-hydrogen) atoms. The number of nitrogens with one attached hydrogen (secondary N) is 1. The smallest absolute Gasteiger partial charge is 0.248 e. The first kappa shape index (κ1) is 15.3. The Morgan fingerprint density at radius 2 is 1.76 bits per heavy atom. The van der Waals surface area contributed by atoms with E-state index in [1.165, 1.54) is 16.7 Å². The Bertz CT molecular complexity index is 1040. The molecule has 1 unspecified atom stereocenters. The summed E-state index contributed by atoms with van der Waals surface area (Å²) in [5.41, 5.74) is 4.48. The number of hydrogen-bond donors (Lipinski definition) is 1. The van der Waals surface area contributed by atoms with Crippen LogP contribution in [0.25, 0.3) is 10.9 Å². The summed E-state index contributed by atoms with van der Waals surface area (Å²) >= 11 is 0. The third kappa shape index (κ3) is 3.36. The number of benzene rings is 2. The minimum atomic E-state index is -0.0756. The van der Waals surface area contributed by atoms with Crippen LogP contribution in [-0.2, 0) is 6.42 Å². The van der Waals surface area contributed by atoms with Crippen molar-refractivity contribution in [3.8, 4) is 0 Å². The van der Waals surface area contributed by atoms with E-state index in [1.807, 2.05) is 30.5 Å². The van der Waals surface area contributed by atoms with E-state index in [2.05, 4.69) is 52.4 Å². The molecule has 0 radical (unpaired) electrons. The second kappa shape index (κ2) is 6.73. The van der Waals surface area contributed by atoms with E-state index in [4.69, 9.17) is 0 Å². The quantitative estimate of drug-likeness (QED) is 0.608. The molecular formula is C22H18N2O. The molecule has 0 saturated heterocycles. The van der Waals surface area contributed by atoms with Gasteiger partial charge in [0.2, 0.25) is 5.56 Å². The molecule has 0 aliphatic heterocycles. The highest BCUT2D eigenvalue weighted by molar-refractivity contribution is 5.79. The van der Waals surface area contributed by atoms with Gasteiger partial charge < -0.3 is 4.98 Å². The summed E-state index contributed by atoms with van der Waals surface area (Å²) in [4.78, 5) is 18.7. The number of fused-ring (bicyclic) bond motifs is 1. The molecule has 0 bridgehead atoms. The van der Waals surface area contributed by atoms with Gasteiger partial charge in [0.1, 0.15) is 0 Å². The highest BCUT2D eigenvalue weighted by Gasteiger charge is 2.16. The molecule has 0 aliphatic carbocycles. The number of aromatic nitrogens is 2. The van der Waals surface area contributed by atoms with Crippen molar-refractivity contribution in [1.82, 2.24) is 9.97 Å². The predicted octanol–water partition coefficient (Wildman–Crippen LogP) is 4.30. The lowest BCUT2D eigenvalue weighted by Crippen LogP contribution is -2.07. The van der Waals surface area contributed by atoms with Crippen molar-refractivity contribution >= 4 is 10.9 Å². The molecule has 0 aliphatic rings. The van der Waals surface area contributed by atoms with Gasteiger partial charge in [0, 0.05) is 29.9 Å². The minimum absolute atomic E-state index is 0.0756. The van der Waals surface area contributed by atoms with Gasteiger partial charge in [-0.3, -0.25) is 9.78 Å². The predicted molar refractivity (Wildman–Crippen MR) is 101 cm³/mol. The average molecular weight is 326 g/mol. The van der Waals surface area contributed by atoms with Gasteiger partial charge in [0.15, 0.2) is 0 Å². The maximum absolute atomic E-state index is 11.5. The van der Waals surface area contributed by atoms with Gasteiger partial charge in [-0.25, -0.2) is 0 Å². The molecule has 0 fully saturated rings.